The summed E-state index contributed by atoms with van der Waals surface area (Å²) in [5.74, 6) is 1.38. The van der Waals surface area contributed by atoms with Crippen molar-refractivity contribution in [3.63, 3.8) is 0 Å². The van der Waals surface area contributed by atoms with Crippen LogP contribution in [0.3, 0.4) is 0 Å². The molecule has 7 heteroatoms. The van der Waals surface area contributed by atoms with Crippen LogP contribution >= 0.6 is 23.5 Å². The fourth-order valence-electron chi connectivity index (χ4n) is 2.00. The van der Waals surface area contributed by atoms with Crippen LogP contribution in [0.15, 0.2) is 5.16 Å². The van der Waals surface area contributed by atoms with Gasteiger partial charge in [-0.1, -0.05) is 11.8 Å². The molecule has 100 valence electrons. The van der Waals surface area contributed by atoms with Crippen LogP contribution in [0.25, 0.3) is 0 Å². The molecule has 1 aliphatic heterocycles. The molecule has 0 aliphatic carbocycles. The molecule has 0 radical (unpaired) electrons. The van der Waals surface area contributed by atoms with E-state index in [-0.39, 0.29) is 11.8 Å². The van der Waals surface area contributed by atoms with E-state index in [4.69, 9.17) is 5.11 Å². The first-order chi connectivity index (χ1) is 8.59. The average Bonchev–Trinajstić information content (AvgIpc) is 2.94. The zero-order valence-electron chi connectivity index (χ0n) is 10.5. The van der Waals surface area contributed by atoms with E-state index in [1.807, 2.05) is 11.8 Å². The van der Waals surface area contributed by atoms with E-state index < -0.39 is 5.97 Å². The number of carbonyl (C=O) groups is 1. The summed E-state index contributed by atoms with van der Waals surface area (Å²) >= 11 is 3.16. The SMILES string of the molecule is CC(C)n1c(SCC(=O)O)nnc1C1CCCS1. The van der Waals surface area contributed by atoms with E-state index >= 15 is 0 Å². The van der Waals surface area contributed by atoms with Crippen LogP contribution in [0.2, 0.25) is 0 Å². The fraction of sp³-hybridized carbons (Fsp3) is 0.727. The normalized spacial score (nSPS) is 19.6. The summed E-state index contributed by atoms with van der Waals surface area (Å²) in [4.78, 5) is 10.6. The molecule has 1 fully saturated rings. The molecular weight excluding hydrogens is 270 g/mol. The summed E-state index contributed by atoms with van der Waals surface area (Å²) in [5.41, 5.74) is 0. The van der Waals surface area contributed by atoms with Gasteiger partial charge in [0.05, 0.1) is 11.0 Å². The second-order valence-electron chi connectivity index (χ2n) is 4.49. The first-order valence-electron chi connectivity index (χ1n) is 6.00. The molecule has 0 bridgehead atoms. The Morgan fingerprint density at radius 3 is 2.94 bits per heavy atom. The highest BCUT2D eigenvalue weighted by molar-refractivity contribution is 8.00. The minimum atomic E-state index is -0.824. The van der Waals surface area contributed by atoms with Gasteiger partial charge in [-0.25, -0.2) is 0 Å². The Morgan fingerprint density at radius 1 is 1.61 bits per heavy atom. The van der Waals surface area contributed by atoms with Gasteiger partial charge < -0.3 is 9.67 Å². The second-order valence-corrected chi connectivity index (χ2v) is 6.74. The quantitative estimate of drug-likeness (QED) is 0.840. The van der Waals surface area contributed by atoms with Gasteiger partial charge in [0.2, 0.25) is 0 Å². The summed E-state index contributed by atoms with van der Waals surface area (Å²) in [6, 6.07) is 0.257. The number of nitrogens with zero attached hydrogens (tertiary/aromatic N) is 3. The van der Waals surface area contributed by atoms with Gasteiger partial charge in [0.25, 0.3) is 0 Å². The molecule has 1 aromatic rings. The zero-order chi connectivity index (χ0) is 13.1. The number of hydrogen-bond acceptors (Lipinski definition) is 5. The lowest BCUT2D eigenvalue weighted by Gasteiger charge is -2.16. The van der Waals surface area contributed by atoms with E-state index in [0.29, 0.717) is 5.25 Å². The first kappa shape index (κ1) is 13.7. The summed E-state index contributed by atoms with van der Waals surface area (Å²) in [6.45, 7) is 4.16. The minimum absolute atomic E-state index is 0.0304. The van der Waals surface area contributed by atoms with E-state index in [1.165, 1.54) is 23.9 Å². The molecule has 0 saturated carbocycles. The van der Waals surface area contributed by atoms with Crippen LogP contribution < -0.4 is 0 Å². The molecular formula is C11H17N3O2S2. The summed E-state index contributed by atoms with van der Waals surface area (Å²) in [7, 11) is 0. The van der Waals surface area contributed by atoms with E-state index in [0.717, 1.165) is 17.4 Å². The van der Waals surface area contributed by atoms with Crippen molar-refractivity contribution in [2.45, 2.75) is 43.1 Å². The largest absolute Gasteiger partial charge is 0.481 e. The molecule has 1 saturated heterocycles. The minimum Gasteiger partial charge on any atom is -0.481 e. The lowest BCUT2D eigenvalue weighted by atomic mass is 10.2. The Hall–Kier alpha value is -0.690. The van der Waals surface area contributed by atoms with Crippen molar-refractivity contribution in [1.82, 2.24) is 14.8 Å². The highest BCUT2D eigenvalue weighted by Crippen LogP contribution is 2.40. The second kappa shape index (κ2) is 5.97. The van der Waals surface area contributed by atoms with Crippen LogP contribution in [-0.4, -0.2) is 37.3 Å². The maximum absolute atomic E-state index is 10.6. The molecule has 2 heterocycles. The number of aliphatic carboxylic acids is 1. The fourth-order valence-corrected chi connectivity index (χ4v) is 4.05. The highest BCUT2D eigenvalue weighted by atomic mass is 32.2. The number of thioether (sulfide) groups is 2. The van der Waals surface area contributed by atoms with Crippen molar-refractivity contribution in [3.8, 4) is 0 Å². The predicted molar refractivity (Wildman–Crippen MR) is 73.2 cm³/mol. The molecule has 18 heavy (non-hydrogen) atoms. The average molecular weight is 287 g/mol. The van der Waals surface area contributed by atoms with Gasteiger partial charge in [0, 0.05) is 6.04 Å². The first-order valence-corrected chi connectivity index (χ1v) is 8.04. The molecule has 0 aromatic carbocycles. The molecule has 1 N–H and O–H groups in total. The van der Waals surface area contributed by atoms with Crippen molar-refractivity contribution in [1.29, 1.82) is 0 Å². The highest BCUT2D eigenvalue weighted by Gasteiger charge is 2.26. The van der Waals surface area contributed by atoms with Crippen molar-refractivity contribution in [2.75, 3.05) is 11.5 Å². The van der Waals surface area contributed by atoms with Crippen LogP contribution in [0.1, 0.15) is 43.8 Å². The number of rotatable bonds is 5. The Bertz CT molecular complexity index is 428. The molecule has 2 rings (SSSR count). The third kappa shape index (κ3) is 3.00. The maximum Gasteiger partial charge on any atom is 0.313 e. The van der Waals surface area contributed by atoms with Gasteiger partial charge in [-0.15, -0.1) is 10.2 Å². The summed E-state index contributed by atoms with van der Waals surface area (Å²) in [6.07, 6.45) is 2.36. The number of carboxylic acid groups (broad SMARTS) is 1. The molecule has 5 nitrogen and oxygen atoms in total. The van der Waals surface area contributed by atoms with Crippen LogP contribution in [0.5, 0.6) is 0 Å². The number of carboxylic acids is 1. The Labute approximate surface area is 115 Å². The van der Waals surface area contributed by atoms with Crippen molar-refractivity contribution in [2.24, 2.45) is 0 Å². The standard InChI is InChI=1S/C11H17N3O2S2/c1-7(2)14-10(8-4-3-5-17-8)12-13-11(14)18-6-9(15)16/h7-8H,3-6H2,1-2H3,(H,15,16). The van der Waals surface area contributed by atoms with E-state index in [1.54, 1.807) is 0 Å². The summed E-state index contributed by atoms with van der Waals surface area (Å²) in [5, 5.41) is 18.3. The lowest BCUT2D eigenvalue weighted by molar-refractivity contribution is -0.133. The zero-order valence-corrected chi connectivity index (χ0v) is 12.1. The van der Waals surface area contributed by atoms with Gasteiger partial charge in [0.15, 0.2) is 5.16 Å². The van der Waals surface area contributed by atoms with E-state index in [2.05, 4.69) is 28.6 Å². The molecule has 1 aromatic heterocycles. The molecule has 0 spiro atoms. The maximum atomic E-state index is 10.6. The van der Waals surface area contributed by atoms with Gasteiger partial charge in [-0.05, 0) is 32.4 Å². The van der Waals surface area contributed by atoms with Gasteiger partial charge in [-0.3, -0.25) is 4.79 Å². The Balaban J connectivity index is 2.22. The van der Waals surface area contributed by atoms with Crippen LogP contribution in [0.4, 0.5) is 0 Å². The van der Waals surface area contributed by atoms with Crippen molar-refractivity contribution in [3.05, 3.63) is 5.82 Å². The monoisotopic (exact) mass is 287 g/mol. The summed E-state index contributed by atoms with van der Waals surface area (Å²) < 4.78 is 2.08. The third-order valence-electron chi connectivity index (χ3n) is 2.75. The van der Waals surface area contributed by atoms with Crippen LogP contribution in [-0.2, 0) is 4.79 Å². The Kier molecular flexibility index (Phi) is 4.55. The van der Waals surface area contributed by atoms with Gasteiger partial charge in [-0.2, -0.15) is 11.8 Å². The van der Waals surface area contributed by atoms with Crippen LogP contribution in [0, 0.1) is 0 Å². The smallest absolute Gasteiger partial charge is 0.313 e. The third-order valence-corrected chi connectivity index (χ3v) is 5.05. The predicted octanol–water partition coefficient (Wildman–Crippen LogP) is 2.60. The Morgan fingerprint density at radius 2 is 2.39 bits per heavy atom. The molecule has 0 amide bonds. The van der Waals surface area contributed by atoms with Gasteiger partial charge in [0.1, 0.15) is 5.82 Å². The number of aromatic nitrogens is 3. The number of hydrogen-bond donors (Lipinski definition) is 1. The molecule has 1 atom stereocenters. The lowest BCUT2D eigenvalue weighted by Crippen LogP contribution is -2.10. The molecule has 1 unspecified atom stereocenters. The van der Waals surface area contributed by atoms with Crippen molar-refractivity contribution < 1.29 is 9.90 Å². The topological polar surface area (TPSA) is 68.0 Å². The molecule has 1 aliphatic rings. The van der Waals surface area contributed by atoms with Gasteiger partial charge >= 0.3 is 5.97 Å². The van der Waals surface area contributed by atoms with E-state index in [9.17, 15) is 4.79 Å². The van der Waals surface area contributed by atoms with Crippen molar-refractivity contribution >= 4 is 29.5 Å².